The van der Waals surface area contributed by atoms with Crippen molar-refractivity contribution in [3.63, 3.8) is 0 Å². The average Bonchev–Trinajstić information content (AvgIpc) is 2.45. The molecule has 1 N–H and O–H groups in total. The Labute approximate surface area is 139 Å². The second kappa shape index (κ2) is 6.58. The van der Waals surface area contributed by atoms with Crippen LogP contribution in [0, 0.1) is 0 Å². The molecule has 2 aromatic rings. The van der Waals surface area contributed by atoms with E-state index >= 15 is 0 Å². The summed E-state index contributed by atoms with van der Waals surface area (Å²) in [6, 6.07) is 8.23. The lowest BCUT2D eigenvalue weighted by Gasteiger charge is -2.15. The standard InChI is InChI=1S/C15H11F6NO2S/c16-14(17,18)11-6-12(15(19,20)21)8-13(7-11)22-25(23,24)9-10-4-2-1-3-5-10/h1-8,22H,9H2. The maximum Gasteiger partial charge on any atom is 0.416 e. The van der Waals surface area contributed by atoms with E-state index in [2.05, 4.69) is 0 Å². The summed E-state index contributed by atoms with van der Waals surface area (Å²) in [5, 5.41) is 0. The molecule has 136 valence electrons. The van der Waals surface area contributed by atoms with E-state index in [9.17, 15) is 34.8 Å². The molecule has 2 rings (SSSR count). The fraction of sp³-hybridized carbons (Fsp3) is 0.200. The van der Waals surface area contributed by atoms with Crippen LogP contribution < -0.4 is 4.72 Å². The molecule has 0 radical (unpaired) electrons. The third-order valence-corrected chi connectivity index (χ3v) is 4.32. The molecule has 0 atom stereocenters. The summed E-state index contributed by atoms with van der Waals surface area (Å²) in [5.41, 5.74) is -3.67. The lowest BCUT2D eigenvalue weighted by atomic mass is 10.1. The molecule has 0 saturated carbocycles. The van der Waals surface area contributed by atoms with Crippen LogP contribution in [0.2, 0.25) is 0 Å². The summed E-state index contributed by atoms with van der Waals surface area (Å²) in [5.74, 6) is -0.592. The molecule has 0 aromatic heterocycles. The van der Waals surface area contributed by atoms with Crippen LogP contribution in [-0.2, 0) is 28.1 Å². The maximum atomic E-state index is 12.8. The van der Waals surface area contributed by atoms with E-state index in [-0.39, 0.29) is 6.07 Å². The lowest BCUT2D eigenvalue weighted by Crippen LogP contribution is -2.17. The number of hydrogen-bond acceptors (Lipinski definition) is 2. The van der Waals surface area contributed by atoms with Crippen LogP contribution in [0.5, 0.6) is 0 Å². The molecule has 0 spiro atoms. The van der Waals surface area contributed by atoms with Gasteiger partial charge < -0.3 is 0 Å². The third-order valence-electron chi connectivity index (χ3n) is 3.06. The van der Waals surface area contributed by atoms with Gasteiger partial charge in [0, 0.05) is 5.69 Å². The van der Waals surface area contributed by atoms with Crippen LogP contribution in [0.3, 0.4) is 0 Å². The molecule has 0 amide bonds. The zero-order valence-electron chi connectivity index (χ0n) is 12.3. The molecular weight excluding hydrogens is 372 g/mol. The van der Waals surface area contributed by atoms with Gasteiger partial charge in [0.1, 0.15) is 0 Å². The molecule has 10 heteroatoms. The topological polar surface area (TPSA) is 46.2 Å². The summed E-state index contributed by atoms with van der Waals surface area (Å²) in [7, 11) is -4.20. The average molecular weight is 383 g/mol. The van der Waals surface area contributed by atoms with Crippen molar-refractivity contribution in [3.05, 3.63) is 65.2 Å². The number of halogens is 6. The first kappa shape index (κ1) is 19.1. The van der Waals surface area contributed by atoms with Gasteiger partial charge in [0.25, 0.3) is 0 Å². The van der Waals surface area contributed by atoms with Crippen LogP contribution >= 0.6 is 0 Å². The number of hydrogen-bond donors (Lipinski definition) is 1. The summed E-state index contributed by atoms with van der Waals surface area (Å²) in [6.07, 6.45) is -10.1. The van der Waals surface area contributed by atoms with E-state index in [0.717, 1.165) is 0 Å². The first-order valence-corrected chi connectivity index (χ1v) is 8.36. The Hall–Kier alpha value is -2.23. The molecule has 0 bridgehead atoms. The minimum atomic E-state index is -5.05. The Balaban J connectivity index is 2.38. The summed E-state index contributed by atoms with van der Waals surface area (Å²) in [4.78, 5) is 0. The zero-order chi connectivity index (χ0) is 18.9. The third kappa shape index (κ3) is 5.38. The maximum absolute atomic E-state index is 12.8. The van der Waals surface area contributed by atoms with Gasteiger partial charge in [-0.3, -0.25) is 4.72 Å². The fourth-order valence-corrected chi connectivity index (χ4v) is 3.20. The Morgan fingerprint density at radius 1 is 0.800 bits per heavy atom. The Bertz CT molecular complexity index is 812. The van der Waals surface area contributed by atoms with Crippen LogP contribution in [0.4, 0.5) is 32.0 Å². The van der Waals surface area contributed by atoms with Gasteiger partial charge >= 0.3 is 12.4 Å². The van der Waals surface area contributed by atoms with E-state index in [4.69, 9.17) is 0 Å². The smallest absolute Gasteiger partial charge is 0.283 e. The van der Waals surface area contributed by atoms with Crippen LogP contribution in [-0.4, -0.2) is 8.42 Å². The molecule has 0 fully saturated rings. The number of anilines is 1. The van der Waals surface area contributed by atoms with Crippen molar-refractivity contribution in [2.24, 2.45) is 0 Å². The van der Waals surface area contributed by atoms with E-state index in [1.165, 1.54) is 12.1 Å². The molecule has 2 aromatic carbocycles. The summed E-state index contributed by atoms with van der Waals surface area (Å²) < 4.78 is 102. The molecule has 0 unspecified atom stereocenters. The van der Waals surface area contributed by atoms with Crippen molar-refractivity contribution in [1.29, 1.82) is 0 Å². The van der Waals surface area contributed by atoms with Gasteiger partial charge in [-0.1, -0.05) is 30.3 Å². The zero-order valence-corrected chi connectivity index (χ0v) is 13.1. The fourth-order valence-electron chi connectivity index (χ4n) is 2.02. The molecule has 0 aliphatic heterocycles. The highest BCUT2D eigenvalue weighted by atomic mass is 32.2. The Morgan fingerprint density at radius 2 is 1.28 bits per heavy atom. The minimum Gasteiger partial charge on any atom is -0.283 e. The summed E-state index contributed by atoms with van der Waals surface area (Å²) >= 11 is 0. The van der Waals surface area contributed by atoms with Crippen LogP contribution in [0.15, 0.2) is 48.5 Å². The van der Waals surface area contributed by atoms with Crippen LogP contribution in [0.25, 0.3) is 0 Å². The molecule has 0 aliphatic rings. The first-order chi connectivity index (χ1) is 11.4. The Kier molecular flexibility index (Phi) is 5.03. The number of sulfonamides is 1. The molecule has 25 heavy (non-hydrogen) atoms. The van der Waals surface area contributed by atoms with Crippen molar-refractivity contribution >= 4 is 15.7 Å². The number of nitrogens with one attached hydrogen (secondary N) is 1. The van der Waals surface area contributed by atoms with Crippen molar-refractivity contribution in [2.45, 2.75) is 18.1 Å². The molecule has 3 nitrogen and oxygen atoms in total. The van der Waals surface area contributed by atoms with E-state index < -0.39 is 44.9 Å². The first-order valence-electron chi connectivity index (χ1n) is 6.71. The van der Waals surface area contributed by atoms with Gasteiger partial charge in [0.2, 0.25) is 10.0 Å². The molecule has 0 saturated heterocycles. The molecular formula is C15H11F6NO2S. The largest absolute Gasteiger partial charge is 0.416 e. The number of rotatable bonds is 4. The SMILES string of the molecule is O=S(=O)(Cc1ccccc1)Nc1cc(C(F)(F)F)cc(C(F)(F)F)c1. The van der Waals surface area contributed by atoms with E-state index in [1.54, 1.807) is 22.9 Å². The van der Waals surface area contributed by atoms with E-state index in [0.29, 0.717) is 17.7 Å². The Morgan fingerprint density at radius 3 is 1.72 bits per heavy atom. The quantitative estimate of drug-likeness (QED) is 0.781. The van der Waals surface area contributed by atoms with Gasteiger partial charge in [-0.2, -0.15) is 26.3 Å². The number of benzene rings is 2. The lowest BCUT2D eigenvalue weighted by molar-refractivity contribution is -0.143. The normalized spacial score (nSPS) is 12.9. The van der Waals surface area contributed by atoms with Gasteiger partial charge in [0.15, 0.2) is 0 Å². The number of alkyl halides is 6. The van der Waals surface area contributed by atoms with Crippen molar-refractivity contribution in [3.8, 4) is 0 Å². The van der Waals surface area contributed by atoms with Crippen molar-refractivity contribution < 1.29 is 34.8 Å². The highest BCUT2D eigenvalue weighted by Gasteiger charge is 2.37. The highest BCUT2D eigenvalue weighted by molar-refractivity contribution is 7.91. The summed E-state index contributed by atoms with van der Waals surface area (Å²) in [6.45, 7) is 0. The van der Waals surface area contributed by atoms with Crippen molar-refractivity contribution in [2.75, 3.05) is 4.72 Å². The van der Waals surface area contributed by atoms with Crippen molar-refractivity contribution in [1.82, 2.24) is 0 Å². The predicted molar refractivity (Wildman–Crippen MR) is 79.1 cm³/mol. The molecule has 0 aliphatic carbocycles. The monoisotopic (exact) mass is 383 g/mol. The second-order valence-electron chi connectivity index (χ2n) is 5.14. The second-order valence-corrected chi connectivity index (χ2v) is 6.86. The minimum absolute atomic E-state index is 0.0744. The van der Waals surface area contributed by atoms with E-state index in [1.807, 2.05) is 0 Å². The van der Waals surface area contributed by atoms with Crippen LogP contribution in [0.1, 0.15) is 16.7 Å². The van der Waals surface area contributed by atoms with Gasteiger partial charge in [-0.05, 0) is 23.8 Å². The van der Waals surface area contributed by atoms with Gasteiger partial charge in [-0.15, -0.1) is 0 Å². The van der Waals surface area contributed by atoms with Gasteiger partial charge in [0.05, 0.1) is 16.9 Å². The highest BCUT2D eigenvalue weighted by Crippen LogP contribution is 2.37. The molecule has 0 heterocycles. The predicted octanol–water partition coefficient (Wildman–Crippen LogP) is 4.67. The van der Waals surface area contributed by atoms with Gasteiger partial charge in [-0.25, -0.2) is 8.42 Å².